The molecule has 7 aliphatic rings. The number of nitro groups is 3. The summed E-state index contributed by atoms with van der Waals surface area (Å²) < 4.78 is 172. The van der Waals surface area contributed by atoms with E-state index in [-0.39, 0.29) is 104 Å². The number of imidazole rings is 1. The number of rotatable bonds is 25. The molecule has 0 radical (unpaired) electrons. The minimum absolute atomic E-state index is 0.0142. The number of anilines is 3. The summed E-state index contributed by atoms with van der Waals surface area (Å²) in [5, 5.41) is 45.8. The molecule has 32 nitrogen and oxygen atoms in total. The molecule has 0 spiro atoms. The summed E-state index contributed by atoms with van der Waals surface area (Å²) in [6.45, 7) is 8.18. The zero-order valence-electron chi connectivity index (χ0n) is 71.7. The Balaban J connectivity index is 0.000000207. The molecule has 708 valence electrons. The number of carbonyl (C=O) groups excluding carboxylic acids is 4. The fourth-order valence-corrected chi connectivity index (χ4v) is 14.9. The molecule has 0 bridgehead atoms. The number of ether oxygens (including phenoxy) is 5. The van der Waals surface area contributed by atoms with Crippen LogP contribution < -0.4 is 33.6 Å². The Hall–Kier alpha value is -10.8. The van der Waals surface area contributed by atoms with E-state index in [0.29, 0.717) is 117 Å². The highest BCUT2D eigenvalue weighted by molar-refractivity contribution is 14.1. The molecular weight excluding hydrogens is 2090 g/mol. The van der Waals surface area contributed by atoms with Crippen molar-refractivity contribution < 1.29 is 106 Å². The zero-order chi connectivity index (χ0) is 97.4. The fraction of sp³-hybridized carbons (Fsp3) is 0.424. The van der Waals surface area contributed by atoms with E-state index in [2.05, 4.69) is 65.0 Å². The van der Waals surface area contributed by atoms with Crippen molar-refractivity contribution in [3.8, 4) is 24.7 Å². The normalized spacial score (nSPS) is 16.7. The summed E-state index contributed by atoms with van der Waals surface area (Å²) in [6.07, 6.45) is 28.6. The van der Waals surface area contributed by atoms with Gasteiger partial charge in [-0.15, -0.1) is 12.8 Å². The first-order valence-corrected chi connectivity index (χ1v) is 43.3. The van der Waals surface area contributed by atoms with E-state index < -0.39 is 114 Å². The number of nitrogens with one attached hydrogen (secondary N) is 2. The second-order valence-corrected chi connectivity index (χ2v) is 33.6. The van der Waals surface area contributed by atoms with Gasteiger partial charge in [-0.1, -0.05) is 13.2 Å². The molecule has 7 fully saturated rings. The first kappa shape index (κ1) is 107. The van der Waals surface area contributed by atoms with Crippen LogP contribution in [0, 0.1) is 147 Å². The molecule has 131 heavy (non-hydrogen) atoms. The lowest BCUT2D eigenvalue weighted by Crippen LogP contribution is -2.37. The minimum atomic E-state index is -1.52. The fourth-order valence-electron chi connectivity index (χ4n) is 13.7. The van der Waals surface area contributed by atoms with E-state index in [1.165, 1.54) is 81.0 Å². The van der Waals surface area contributed by atoms with Gasteiger partial charge in [-0.25, -0.2) is 45.1 Å². The van der Waals surface area contributed by atoms with Gasteiger partial charge in [-0.3, -0.25) is 49.5 Å². The van der Waals surface area contributed by atoms with Crippen LogP contribution in [0.3, 0.4) is 0 Å². The Bertz CT molecular complexity index is 5430. The monoisotopic (exact) mass is 2180 g/mol. The Labute approximate surface area is 785 Å². The van der Waals surface area contributed by atoms with E-state index >= 15 is 0 Å². The molecule has 2 aliphatic heterocycles. The van der Waals surface area contributed by atoms with Crippen LogP contribution in [0.15, 0.2) is 74.1 Å². The molecule has 2 saturated heterocycles. The second kappa shape index (κ2) is 49.7. The highest BCUT2D eigenvalue weighted by atomic mass is 127. The quantitative estimate of drug-likeness (QED) is 0.00356. The van der Waals surface area contributed by atoms with Crippen LogP contribution >= 0.6 is 67.8 Å². The summed E-state index contributed by atoms with van der Waals surface area (Å²) in [6, 6.07) is 6.36. The van der Waals surface area contributed by atoms with Crippen molar-refractivity contribution >= 4 is 137 Å². The third kappa shape index (κ3) is 29.1. The van der Waals surface area contributed by atoms with Gasteiger partial charge < -0.3 is 71.6 Å². The van der Waals surface area contributed by atoms with Crippen molar-refractivity contribution in [3.63, 3.8) is 0 Å². The zero-order valence-corrected chi connectivity index (χ0v) is 78.2. The van der Waals surface area contributed by atoms with Gasteiger partial charge in [0.05, 0.1) is 80.4 Å². The van der Waals surface area contributed by atoms with Crippen LogP contribution in [-0.2, 0) is 52.5 Å². The maximum Gasteiger partial charge on any atom is 0.340 e. The van der Waals surface area contributed by atoms with Crippen molar-refractivity contribution in [2.75, 3.05) is 92.3 Å². The van der Waals surface area contributed by atoms with E-state index in [1.807, 2.05) is 4.57 Å². The van der Waals surface area contributed by atoms with Crippen LogP contribution in [0.25, 0.3) is 11.0 Å². The number of terminal acetylenes is 2. The lowest BCUT2D eigenvalue weighted by molar-refractivity contribution is -0.390. The average molecular weight is 2180 g/mol. The molecule has 8 aromatic rings. The van der Waals surface area contributed by atoms with Crippen molar-refractivity contribution in [2.24, 2.45) is 35.0 Å². The van der Waals surface area contributed by atoms with Gasteiger partial charge in [-0.2, -0.15) is 27.8 Å². The van der Waals surface area contributed by atoms with Crippen LogP contribution in [0.1, 0.15) is 144 Å². The first-order chi connectivity index (χ1) is 62.1. The van der Waals surface area contributed by atoms with Gasteiger partial charge >= 0.3 is 17.1 Å². The molecular formula is C85H95F11I3N17O15. The van der Waals surface area contributed by atoms with Gasteiger partial charge in [-0.05, 0) is 230 Å². The lowest BCUT2D eigenvalue weighted by Gasteiger charge is -2.22. The van der Waals surface area contributed by atoms with Crippen LogP contribution in [-0.4, -0.2) is 178 Å². The number of nitrogens with two attached hydrogens (primary N) is 4. The number of benzene rings is 5. The van der Waals surface area contributed by atoms with E-state index in [1.54, 1.807) is 99.0 Å². The predicted molar refractivity (Wildman–Crippen MR) is 486 cm³/mol. The van der Waals surface area contributed by atoms with Gasteiger partial charge in [0.1, 0.15) is 68.8 Å². The van der Waals surface area contributed by atoms with Gasteiger partial charge in [0.2, 0.25) is 35.1 Å². The largest absolute Gasteiger partial charge is 0.396 e. The summed E-state index contributed by atoms with van der Waals surface area (Å²) in [4.78, 5) is 83.4. The number of nitrogen functional groups attached to an aromatic ring is 1. The maximum absolute atomic E-state index is 13.6. The number of hydrogen-bond acceptors (Lipinski definition) is 22. The number of amides is 4. The number of primary amides is 2. The molecule has 5 heterocycles. The lowest BCUT2D eigenvalue weighted by atomic mass is 10.1. The first-order valence-electron chi connectivity index (χ1n) is 40.0. The number of fused-ring (bicyclic) bond motifs is 1. The number of hydrogen-bond donors (Lipinski definition) is 6. The summed E-state index contributed by atoms with van der Waals surface area (Å²) >= 11 is 4.73. The minimum Gasteiger partial charge on any atom is -0.396 e. The highest BCUT2D eigenvalue weighted by Crippen LogP contribution is 2.43. The third-order valence-corrected chi connectivity index (χ3v) is 23.7. The number of halogens is 14. The second-order valence-electron chi connectivity index (χ2n) is 30.4. The number of aromatic nitrogens is 6. The molecule has 5 aromatic carbocycles. The Kier molecular flexibility index (Phi) is 40.7. The molecule has 5 aliphatic carbocycles. The van der Waals surface area contributed by atoms with Gasteiger partial charge in [0.25, 0.3) is 18.3 Å². The average Bonchev–Trinajstić information content (AvgIpc) is 1.61. The van der Waals surface area contributed by atoms with E-state index in [9.17, 15) is 97.8 Å². The number of nitrogens with zero attached hydrogens (tertiary/aromatic N) is 11. The van der Waals surface area contributed by atoms with Gasteiger partial charge in [0.15, 0.2) is 11.6 Å². The Morgan fingerprint density at radius 3 is 1.25 bits per heavy atom. The number of likely N-dealkylation sites (tertiary alicyclic amines) is 2. The molecule has 4 amide bonds. The highest BCUT2D eigenvalue weighted by Gasteiger charge is 2.41. The van der Waals surface area contributed by atoms with Crippen LogP contribution in [0.5, 0.6) is 0 Å². The smallest absolute Gasteiger partial charge is 0.340 e. The molecule has 4 atom stereocenters. The van der Waals surface area contributed by atoms with Crippen LogP contribution in [0.4, 0.5) is 82.7 Å². The SMILES string of the molecule is C#Cc1nn([C@H]2C[C@H](COC)N(C(=O)C=C)C2)c(NC)c1C(N)=O.C#Cc1nn([C@H]2C[C@H](COC)N(C(=O)C=C)C2)c(NC)c1C(N)=O.COC(OC)OC.Fc1cc2c(ncn2C2CC2)c(F)c1I.NC1CC1.Nc1c(CC2CC2)cc(F)c(I)c1F.O=[N+]([O-])c1c(CC2CC2)cc(F)c(I)c1F.O=[N+]([O-])c1c(F)cc(F)cc1CC1CC1.O=[N+]([O-])c1c(F)cc(F)cc1F. The molecule has 3 aromatic heterocycles. The maximum atomic E-state index is 13.6. The molecule has 10 N–H and O–H groups in total. The van der Waals surface area contributed by atoms with Crippen molar-refractivity contribution in [1.82, 2.24) is 38.9 Å². The summed E-state index contributed by atoms with van der Waals surface area (Å²) in [5.41, 5.74) is 21.8. The van der Waals surface area contributed by atoms with Gasteiger partial charge in [0, 0.05) is 110 Å². The van der Waals surface area contributed by atoms with Crippen molar-refractivity contribution in [3.05, 3.63) is 218 Å². The predicted octanol–water partition coefficient (Wildman–Crippen LogP) is 14.9. The third-order valence-electron chi connectivity index (χ3n) is 20.8. The molecule has 46 heteroatoms. The van der Waals surface area contributed by atoms with Crippen molar-refractivity contribution in [1.29, 1.82) is 0 Å². The summed E-state index contributed by atoms with van der Waals surface area (Å²) in [5.74, 6) is -4.73. The van der Waals surface area contributed by atoms with E-state index in [4.69, 9.17) is 45.3 Å². The topological polar surface area (TPSA) is 432 Å². The molecule has 0 unspecified atom stereocenters. The van der Waals surface area contributed by atoms with Crippen LogP contribution in [0.2, 0.25) is 0 Å². The molecule has 5 saturated carbocycles. The summed E-state index contributed by atoms with van der Waals surface area (Å²) in [7, 11) is 11.0. The van der Waals surface area contributed by atoms with Crippen molar-refractivity contribution in [2.45, 2.75) is 139 Å². The number of nitro benzene ring substituents is 3. The molecule has 15 rings (SSSR count). The van der Waals surface area contributed by atoms with E-state index in [0.717, 1.165) is 63.5 Å². The standard InChI is InChI=1S/2C16H21N5O3.C10H7F2IN2.C10H8F2INO2.C10H10F2IN.C10H9F2NO2.C6H2F3NO2.C4H10O3.C3H7N/c2*1-5-12-14(15(17)23)16(18-3)21(19-12)10-7-11(9-24-4)20(8-10)13(22)6-2;11-6-3-7-10(8(12)9(6)13)14-4-15(7)5-1-2-5;11-7-4-6(3-5-1-2-5)10(14(15)16)8(12)9(7)13;11-7-4-6(3-5-1-2-5)10(14)8(12)9(7)13;11-8-4-7(3-6-1-2-6)10(13(14)15)9(12)5-8;7-3-1-4(8)6(10(11)12)5(9)2-3;1-5-4(6-2)7-3;4-3-1-2-3/h2*1,6,10-11,18H,2,7-9H2,3-4H3,(H2,17,23);3-5H,1-2H2;4-5H,1-3H2;4-5H,1-3,14H2;4-6H,1-3H2;1-2H;4H,1-3H3;3H,1-2,4H2/t2*10-,11+;;;;;;;/m00......./s1. The number of carbonyl (C=O) groups is 4. The Morgan fingerprint density at radius 1 is 0.542 bits per heavy atom. The number of methoxy groups -OCH3 is 5. The Morgan fingerprint density at radius 2 is 0.908 bits per heavy atom.